The van der Waals surface area contributed by atoms with Gasteiger partial charge in [0.1, 0.15) is 5.82 Å². The third-order valence-corrected chi connectivity index (χ3v) is 4.74. The Balaban J connectivity index is 2.50. The van der Waals surface area contributed by atoms with E-state index in [2.05, 4.69) is 15.9 Å². The number of ketones is 1. The molecule has 0 atom stereocenters. The third-order valence-electron chi connectivity index (χ3n) is 2.59. The minimum Gasteiger partial charge on any atom is -0.288 e. The van der Waals surface area contributed by atoms with Crippen LogP contribution >= 0.6 is 38.9 Å². The number of carbonyl (C=O) groups excluding carboxylic acids is 1. The predicted molar refractivity (Wildman–Crippen MR) is 76.2 cm³/mol. The van der Waals surface area contributed by atoms with Crippen LogP contribution in [0.15, 0.2) is 28.1 Å². The van der Waals surface area contributed by atoms with Gasteiger partial charge in [-0.15, -0.1) is 11.3 Å². The summed E-state index contributed by atoms with van der Waals surface area (Å²) in [5.74, 6) is -0.875. The van der Waals surface area contributed by atoms with Crippen LogP contribution in [0.4, 0.5) is 4.39 Å². The van der Waals surface area contributed by atoms with Gasteiger partial charge in [0.15, 0.2) is 0 Å². The Morgan fingerprint density at radius 2 is 2.22 bits per heavy atom. The van der Waals surface area contributed by atoms with Crippen molar-refractivity contribution in [1.82, 2.24) is 0 Å². The lowest BCUT2D eigenvalue weighted by Gasteiger charge is -2.05. The molecule has 0 aliphatic rings. The van der Waals surface area contributed by atoms with Crippen molar-refractivity contribution >= 4 is 44.7 Å². The number of hydrogen-bond acceptors (Lipinski definition) is 2. The molecule has 0 aliphatic heterocycles. The Morgan fingerprint density at radius 1 is 1.50 bits per heavy atom. The predicted octanol–water partition coefficient (Wildman–Crippen LogP) is 5.10. The molecule has 1 aromatic carbocycles. The van der Waals surface area contributed by atoms with Crippen LogP contribution in [0.3, 0.4) is 0 Å². The molecule has 0 spiro atoms. The molecule has 0 saturated carbocycles. The second-order valence-electron chi connectivity index (χ2n) is 3.70. The lowest BCUT2D eigenvalue weighted by Crippen LogP contribution is -2.05. The van der Waals surface area contributed by atoms with Gasteiger partial charge in [-0.2, -0.15) is 0 Å². The van der Waals surface area contributed by atoms with E-state index in [4.69, 9.17) is 11.6 Å². The van der Waals surface area contributed by atoms with Crippen LogP contribution < -0.4 is 0 Å². The summed E-state index contributed by atoms with van der Waals surface area (Å²) in [6, 6.07) is 4.47. The molecule has 5 heteroatoms. The highest BCUT2D eigenvalue weighted by Gasteiger charge is 2.19. The lowest BCUT2D eigenvalue weighted by molar-refractivity contribution is 0.103. The van der Waals surface area contributed by atoms with Crippen LogP contribution in [0.2, 0.25) is 5.02 Å². The third kappa shape index (κ3) is 2.51. The van der Waals surface area contributed by atoms with Gasteiger partial charge in [-0.1, -0.05) is 18.5 Å². The van der Waals surface area contributed by atoms with E-state index >= 15 is 0 Å². The van der Waals surface area contributed by atoms with E-state index < -0.39 is 5.82 Å². The number of hydrogen-bond donors (Lipinski definition) is 0. The summed E-state index contributed by atoms with van der Waals surface area (Å²) in [5, 5.41) is 2.17. The second-order valence-corrected chi connectivity index (χ2v) is 5.88. The van der Waals surface area contributed by atoms with Gasteiger partial charge in [0, 0.05) is 4.47 Å². The summed E-state index contributed by atoms with van der Waals surface area (Å²) in [6.07, 6.45) is 0.746. The van der Waals surface area contributed by atoms with Crippen LogP contribution in [0.25, 0.3) is 0 Å². The Labute approximate surface area is 122 Å². The summed E-state index contributed by atoms with van der Waals surface area (Å²) in [5.41, 5.74) is 0.948. The SMILES string of the molecule is CCc1ccsc1C(=O)c1cc(Cl)c(Br)cc1F. The maximum absolute atomic E-state index is 13.8. The highest BCUT2D eigenvalue weighted by Crippen LogP contribution is 2.29. The molecule has 94 valence electrons. The van der Waals surface area contributed by atoms with Crippen molar-refractivity contribution in [3.63, 3.8) is 0 Å². The average molecular weight is 348 g/mol. The number of benzene rings is 1. The molecular weight excluding hydrogens is 339 g/mol. The lowest BCUT2D eigenvalue weighted by atomic mass is 10.1. The van der Waals surface area contributed by atoms with Gasteiger partial charge in [-0.3, -0.25) is 4.79 Å². The highest BCUT2D eigenvalue weighted by atomic mass is 79.9. The van der Waals surface area contributed by atoms with Gasteiger partial charge < -0.3 is 0 Å². The van der Waals surface area contributed by atoms with Crippen LogP contribution in [0.5, 0.6) is 0 Å². The van der Waals surface area contributed by atoms with Gasteiger partial charge in [0.25, 0.3) is 0 Å². The first-order valence-corrected chi connectivity index (χ1v) is 7.35. The summed E-state index contributed by atoms with van der Waals surface area (Å²) in [7, 11) is 0. The topological polar surface area (TPSA) is 17.1 Å². The smallest absolute Gasteiger partial charge is 0.206 e. The molecule has 2 aromatic rings. The maximum atomic E-state index is 13.8. The van der Waals surface area contributed by atoms with Gasteiger partial charge in [-0.25, -0.2) is 4.39 Å². The first kappa shape index (κ1) is 13.7. The van der Waals surface area contributed by atoms with E-state index in [1.54, 1.807) is 0 Å². The Kier molecular flexibility index (Phi) is 4.20. The van der Waals surface area contributed by atoms with Crippen LogP contribution in [-0.4, -0.2) is 5.78 Å². The second kappa shape index (κ2) is 5.51. The van der Waals surface area contributed by atoms with Gasteiger partial charge in [0.05, 0.1) is 15.5 Å². The molecule has 0 amide bonds. The van der Waals surface area contributed by atoms with Crippen molar-refractivity contribution in [2.75, 3.05) is 0 Å². The molecule has 1 aromatic heterocycles. The molecule has 0 bridgehead atoms. The number of carbonyl (C=O) groups is 1. The van der Waals surface area contributed by atoms with E-state index in [9.17, 15) is 9.18 Å². The molecule has 2 rings (SSSR count). The van der Waals surface area contributed by atoms with Crippen molar-refractivity contribution in [2.24, 2.45) is 0 Å². The van der Waals surface area contributed by atoms with Crippen LogP contribution in [0.1, 0.15) is 27.7 Å². The standard InChI is InChI=1S/C13H9BrClFOS/c1-2-7-3-4-18-13(7)12(17)8-5-10(15)9(14)6-11(8)16/h3-6H,2H2,1H3. The van der Waals surface area contributed by atoms with E-state index in [1.807, 2.05) is 18.4 Å². The first-order valence-electron chi connectivity index (χ1n) is 5.30. The maximum Gasteiger partial charge on any atom is 0.206 e. The van der Waals surface area contributed by atoms with E-state index in [0.29, 0.717) is 14.4 Å². The Hall–Kier alpha value is -0.710. The summed E-state index contributed by atoms with van der Waals surface area (Å²) in [4.78, 5) is 12.8. The fourth-order valence-corrected chi connectivity index (χ4v) is 3.06. The Bertz CT molecular complexity index is 609. The van der Waals surface area contributed by atoms with Gasteiger partial charge in [0.2, 0.25) is 5.78 Å². The molecule has 1 nitrogen and oxygen atoms in total. The van der Waals surface area contributed by atoms with Crippen LogP contribution in [0, 0.1) is 5.82 Å². The Morgan fingerprint density at radius 3 is 2.89 bits per heavy atom. The van der Waals surface area contributed by atoms with Gasteiger partial charge in [-0.05, 0) is 51.5 Å². The van der Waals surface area contributed by atoms with Crippen molar-refractivity contribution < 1.29 is 9.18 Å². The fraction of sp³-hybridized carbons (Fsp3) is 0.154. The molecular formula is C13H9BrClFOS. The molecule has 0 aliphatic carbocycles. The first-order chi connectivity index (χ1) is 8.54. The minimum atomic E-state index is -0.563. The zero-order chi connectivity index (χ0) is 13.3. The number of aryl methyl sites for hydroxylation is 1. The highest BCUT2D eigenvalue weighted by molar-refractivity contribution is 9.10. The van der Waals surface area contributed by atoms with E-state index in [-0.39, 0.29) is 11.3 Å². The normalized spacial score (nSPS) is 10.7. The zero-order valence-electron chi connectivity index (χ0n) is 9.47. The molecule has 0 saturated heterocycles. The quantitative estimate of drug-likeness (QED) is 0.558. The van der Waals surface area contributed by atoms with E-state index in [1.165, 1.54) is 23.5 Å². The number of halogens is 3. The molecule has 0 fully saturated rings. The molecule has 0 radical (unpaired) electrons. The average Bonchev–Trinajstić information content (AvgIpc) is 2.81. The monoisotopic (exact) mass is 346 g/mol. The molecule has 0 N–H and O–H groups in total. The van der Waals surface area contributed by atoms with Crippen molar-refractivity contribution in [1.29, 1.82) is 0 Å². The molecule has 18 heavy (non-hydrogen) atoms. The van der Waals surface area contributed by atoms with Crippen molar-refractivity contribution in [3.8, 4) is 0 Å². The van der Waals surface area contributed by atoms with Gasteiger partial charge >= 0.3 is 0 Å². The molecule has 0 unspecified atom stereocenters. The largest absolute Gasteiger partial charge is 0.288 e. The summed E-state index contributed by atoms with van der Waals surface area (Å²) in [6.45, 7) is 1.96. The summed E-state index contributed by atoms with van der Waals surface area (Å²) < 4.78 is 14.2. The fourth-order valence-electron chi connectivity index (χ4n) is 1.63. The van der Waals surface area contributed by atoms with E-state index in [0.717, 1.165) is 12.0 Å². The summed E-state index contributed by atoms with van der Waals surface area (Å²) >= 11 is 10.4. The molecule has 1 heterocycles. The minimum absolute atomic E-state index is 0.0142. The number of rotatable bonds is 3. The van der Waals surface area contributed by atoms with Crippen LogP contribution in [-0.2, 0) is 6.42 Å². The number of thiophene rings is 1. The van der Waals surface area contributed by atoms with Crippen molar-refractivity contribution in [3.05, 3.63) is 54.9 Å². The van der Waals surface area contributed by atoms with Crippen molar-refractivity contribution in [2.45, 2.75) is 13.3 Å². The zero-order valence-corrected chi connectivity index (χ0v) is 12.6.